The highest BCUT2D eigenvalue weighted by molar-refractivity contribution is 6.30. The van der Waals surface area contributed by atoms with Gasteiger partial charge in [-0.15, -0.1) is 0 Å². The smallest absolute Gasteiger partial charge is 0.0964 e. The van der Waals surface area contributed by atoms with Crippen LogP contribution in [0.25, 0.3) is 0 Å². The lowest BCUT2D eigenvalue weighted by Gasteiger charge is -2.35. The Hall–Kier alpha value is -1.06. The van der Waals surface area contributed by atoms with Crippen LogP contribution in [0.1, 0.15) is 32.1 Å². The molecule has 19 heavy (non-hydrogen) atoms. The topological polar surface area (TPSA) is 27.6 Å². The molecule has 4 heteroatoms. The second-order valence-electron chi connectivity index (χ2n) is 5.08. The zero-order valence-corrected chi connectivity index (χ0v) is 12.1. The van der Waals surface area contributed by atoms with E-state index in [-0.39, 0.29) is 0 Å². The molecular formula is C15H22ClN3. The van der Waals surface area contributed by atoms with E-state index in [0.717, 1.165) is 37.2 Å². The van der Waals surface area contributed by atoms with E-state index in [4.69, 9.17) is 16.7 Å². The zero-order valence-electron chi connectivity index (χ0n) is 11.4. The van der Waals surface area contributed by atoms with Gasteiger partial charge in [0.15, 0.2) is 0 Å². The Balaban J connectivity index is 2.01. The summed E-state index contributed by atoms with van der Waals surface area (Å²) in [6, 6.07) is 0. The van der Waals surface area contributed by atoms with E-state index in [2.05, 4.69) is 23.5 Å². The van der Waals surface area contributed by atoms with Crippen LogP contribution in [0.3, 0.4) is 0 Å². The minimum absolute atomic E-state index is 0.392. The first-order chi connectivity index (χ1) is 9.16. The molecule has 2 heterocycles. The summed E-state index contributed by atoms with van der Waals surface area (Å²) in [6.45, 7) is 9.83. The third-order valence-corrected chi connectivity index (χ3v) is 3.66. The number of allylic oxidation sites excluding steroid dienone is 4. The van der Waals surface area contributed by atoms with Gasteiger partial charge in [-0.05, 0) is 50.3 Å². The molecule has 1 saturated heterocycles. The quantitative estimate of drug-likeness (QED) is 0.799. The van der Waals surface area contributed by atoms with Crippen LogP contribution >= 0.6 is 11.6 Å². The van der Waals surface area contributed by atoms with Crippen LogP contribution in [-0.2, 0) is 0 Å². The molecule has 0 aromatic heterocycles. The van der Waals surface area contributed by atoms with Crippen molar-refractivity contribution in [3.05, 3.63) is 35.9 Å². The molecule has 104 valence electrons. The molecule has 0 radical (unpaired) electrons. The fourth-order valence-electron chi connectivity index (χ4n) is 2.49. The molecule has 0 bridgehead atoms. The molecule has 0 aromatic rings. The molecule has 0 aromatic carbocycles. The predicted octanol–water partition coefficient (Wildman–Crippen LogP) is 3.40. The van der Waals surface area contributed by atoms with Crippen LogP contribution in [-0.4, -0.2) is 30.0 Å². The van der Waals surface area contributed by atoms with Crippen LogP contribution in [0, 0.1) is 0 Å². The van der Waals surface area contributed by atoms with Gasteiger partial charge in [0, 0.05) is 11.6 Å². The maximum atomic E-state index is 5.73. The Morgan fingerprint density at radius 2 is 2.16 bits per heavy atom. The predicted molar refractivity (Wildman–Crippen MR) is 82.3 cm³/mol. The van der Waals surface area contributed by atoms with Crippen LogP contribution in [0.4, 0.5) is 0 Å². The monoisotopic (exact) mass is 279 g/mol. The second kappa shape index (κ2) is 6.92. The van der Waals surface area contributed by atoms with Crippen LogP contribution < -0.4 is 5.32 Å². The molecule has 2 rings (SSSR count). The molecule has 0 spiro atoms. The van der Waals surface area contributed by atoms with E-state index in [1.807, 2.05) is 6.08 Å². The lowest BCUT2D eigenvalue weighted by molar-refractivity contribution is 0.135. The van der Waals surface area contributed by atoms with Gasteiger partial charge in [-0.2, -0.15) is 5.10 Å². The summed E-state index contributed by atoms with van der Waals surface area (Å²) in [5.41, 5.74) is 2.00. The number of rotatable bonds is 4. The summed E-state index contributed by atoms with van der Waals surface area (Å²) in [6.07, 6.45) is 9.91. The van der Waals surface area contributed by atoms with E-state index in [1.54, 1.807) is 6.08 Å². The number of nitrogens with zero attached hydrogens (tertiary/aromatic N) is 2. The van der Waals surface area contributed by atoms with Crippen molar-refractivity contribution in [1.29, 1.82) is 0 Å². The summed E-state index contributed by atoms with van der Waals surface area (Å²) in [4.78, 5) is 0. The van der Waals surface area contributed by atoms with Crippen molar-refractivity contribution in [3.8, 4) is 0 Å². The minimum atomic E-state index is 0.392. The Kier molecular flexibility index (Phi) is 5.23. The molecule has 1 fully saturated rings. The highest BCUT2D eigenvalue weighted by Crippen LogP contribution is 2.19. The van der Waals surface area contributed by atoms with Gasteiger partial charge in [-0.25, -0.2) is 0 Å². The van der Waals surface area contributed by atoms with Gasteiger partial charge in [0.05, 0.1) is 11.9 Å². The second-order valence-corrected chi connectivity index (χ2v) is 5.57. The SMILES string of the molecule is C=C(Cl)/C=C\C(=C)C1=NN(C2CCCCN2)CCC1. The molecule has 1 atom stereocenters. The van der Waals surface area contributed by atoms with Crippen molar-refractivity contribution in [1.82, 2.24) is 10.3 Å². The highest BCUT2D eigenvalue weighted by Gasteiger charge is 2.22. The van der Waals surface area contributed by atoms with Gasteiger partial charge >= 0.3 is 0 Å². The van der Waals surface area contributed by atoms with E-state index in [9.17, 15) is 0 Å². The van der Waals surface area contributed by atoms with Crippen molar-refractivity contribution >= 4 is 17.3 Å². The lowest BCUT2D eigenvalue weighted by atomic mass is 10.0. The Bertz CT molecular complexity index is 406. The van der Waals surface area contributed by atoms with Crippen molar-refractivity contribution in [2.45, 2.75) is 38.3 Å². The summed E-state index contributed by atoms with van der Waals surface area (Å²) in [7, 11) is 0. The molecule has 0 amide bonds. The molecule has 0 saturated carbocycles. The summed E-state index contributed by atoms with van der Waals surface area (Å²) < 4.78 is 0. The zero-order chi connectivity index (χ0) is 13.7. The van der Waals surface area contributed by atoms with Gasteiger partial charge in [0.2, 0.25) is 0 Å². The lowest BCUT2D eigenvalue weighted by Crippen LogP contribution is -2.47. The number of hydrogen-bond acceptors (Lipinski definition) is 3. The fraction of sp³-hybridized carbons (Fsp3) is 0.533. The summed E-state index contributed by atoms with van der Waals surface area (Å²) >= 11 is 5.73. The number of hydrazone groups is 1. The first kappa shape index (κ1) is 14.4. The normalized spacial score (nSPS) is 24.4. The van der Waals surface area contributed by atoms with Crippen molar-refractivity contribution in [2.75, 3.05) is 13.1 Å². The first-order valence-electron chi connectivity index (χ1n) is 6.96. The Morgan fingerprint density at radius 3 is 2.84 bits per heavy atom. The summed E-state index contributed by atoms with van der Waals surface area (Å²) in [5, 5.41) is 11.0. The van der Waals surface area contributed by atoms with Crippen molar-refractivity contribution < 1.29 is 0 Å². The van der Waals surface area contributed by atoms with Crippen molar-refractivity contribution in [2.24, 2.45) is 5.10 Å². The number of halogens is 1. The highest BCUT2D eigenvalue weighted by atomic mass is 35.5. The molecule has 3 nitrogen and oxygen atoms in total. The number of nitrogens with one attached hydrogen (secondary N) is 1. The van der Waals surface area contributed by atoms with Crippen LogP contribution in [0.2, 0.25) is 0 Å². The first-order valence-corrected chi connectivity index (χ1v) is 7.34. The molecular weight excluding hydrogens is 258 g/mol. The fourth-order valence-corrected chi connectivity index (χ4v) is 2.55. The molecule has 0 aliphatic carbocycles. The Labute approximate surface area is 120 Å². The minimum Gasteiger partial charge on any atom is -0.296 e. The average Bonchev–Trinajstić information content (AvgIpc) is 2.46. The van der Waals surface area contributed by atoms with Gasteiger partial charge in [-0.3, -0.25) is 10.3 Å². The maximum Gasteiger partial charge on any atom is 0.0964 e. The van der Waals surface area contributed by atoms with E-state index in [0.29, 0.717) is 11.2 Å². The third kappa shape index (κ3) is 4.22. The molecule has 1 N–H and O–H groups in total. The van der Waals surface area contributed by atoms with Gasteiger partial charge in [0.1, 0.15) is 0 Å². The number of hydrogen-bond donors (Lipinski definition) is 1. The Morgan fingerprint density at radius 1 is 1.32 bits per heavy atom. The maximum absolute atomic E-state index is 5.73. The van der Waals surface area contributed by atoms with E-state index >= 15 is 0 Å². The van der Waals surface area contributed by atoms with Gasteiger partial charge in [0.25, 0.3) is 0 Å². The average molecular weight is 280 g/mol. The molecule has 2 aliphatic heterocycles. The molecule has 2 aliphatic rings. The van der Waals surface area contributed by atoms with Gasteiger partial charge in [-0.1, -0.05) is 30.8 Å². The molecule has 1 unspecified atom stereocenters. The van der Waals surface area contributed by atoms with E-state index < -0.39 is 0 Å². The van der Waals surface area contributed by atoms with E-state index in [1.165, 1.54) is 19.3 Å². The van der Waals surface area contributed by atoms with Gasteiger partial charge < -0.3 is 0 Å². The summed E-state index contributed by atoms with van der Waals surface area (Å²) in [5.74, 6) is 0. The van der Waals surface area contributed by atoms with Crippen LogP contribution in [0.15, 0.2) is 41.0 Å². The number of piperidine rings is 1. The third-order valence-electron chi connectivity index (χ3n) is 3.53. The van der Waals surface area contributed by atoms with Crippen LogP contribution in [0.5, 0.6) is 0 Å². The van der Waals surface area contributed by atoms with Crippen molar-refractivity contribution in [3.63, 3.8) is 0 Å². The standard InChI is InChI=1S/C15H22ClN3/c1-12(8-9-13(2)16)14-6-5-11-19(18-14)15-7-3-4-10-17-15/h8-9,15,17H,1-7,10-11H2/b9-8-. The largest absolute Gasteiger partial charge is 0.296 e.